The highest BCUT2D eigenvalue weighted by atomic mass is 32.2. The minimum Gasteiger partial charge on any atom is -0.502 e. The molecular formula is C27H31N3O4S. The molecule has 4 heterocycles. The Morgan fingerprint density at radius 2 is 2.06 bits per heavy atom. The second kappa shape index (κ2) is 9.24. The zero-order valence-electron chi connectivity index (χ0n) is 20.6. The van der Waals surface area contributed by atoms with Crippen LogP contribution in [-0.2, 0) is 10.5 Å². The standard InChI is InChI=1S/C27H31N3O4S/c1-5-16(2)13-20-18(4)35-15-19-8-6-7-17(3)23(19)24(20)30-22-14-34-12-11-28(22)27(33)25-26(32)21(31)9-10-29(25)30/h6-10,13,22,24,32H,5,11-12,14-15H2,1-4H3/t22-,24-/m1/s1. The van der Waals surface area contributed by atoms with Crippen molar-refractivity contribution in [2.24, 2.45) is 0 Å². The van der Waals surface area contributed by atoms with Crippen molar-refractivity contribution in [2.75, 3.05) is 24.8 Å². The number of hydrogen-bond donors (Lipinski definition) is 1. The van der Waals surface area contributed by atoms with Crippen LogP contribution in [0.3, 0.4) is 0 Å². The Balaban J connectivity index is 1.85. The van der Waals surface area contributed by atoms with Crippen LogP contribution in [0, 0.1) is 6.92 Å². The molecule has 1 amide bonds. The molecule has 7 nitrogen and oxygen atoms in total. The number of carbonyl (C=O) groups is 1. The number of thioether (sulfide) groups is 1. The van der Waals surface area contributed by atoms with Gasteiger partial charge in [0.1, 0.15) is 6.17 Å². The lowest BCUT2D eigenvalue weighted by atomic mass is 9.88. The van der Waals surface area contributed by atoms with Crippen molar-refractivity contribution < 1.29 is 14.6 Å². The minimum absolute atomic E-state index is 0.0101. The van der Waals surface area contributed by atoms with Gasteiger partial charge < -0.3 is 14.7 Å². The molecular weight excluding hydrogens is 462 g/mol. The summed E-state index contributed by atoms with van der Waals surface area (Å²) in [5.41, 5.74) is 5.46. The van der Waals surface area contributed by atoms with Crippen LogP contribution in [0.25, 0.3) is 0 Å². The van der Waals surface area contributed by atoms with Gasteiger partial charge in [0.25, 0.3) is 5.91 Å². The highest BCUT2D eigenvalue weighted by molar-refractivity contribution is 8.02. The summed E-state index contributed by atoms with van der Waals surface area (Å²) in [6.07, 6.45) is 4.42. The van der Waals surface area contributed by atoms with Crippen LogP contribution < -0.4 is 10.4 Å². The van der Waals surface area contributed by atoms with Crippen LogP contribution in [-0.4, -0.2) is 46.5 Å². The number of aromatic nitrogens is 1. The fourth-order valence-electron chi connectivity index (χ4n) is 5.23. The summed E-state index contributed by atoms with van der Waals surface area (Å²) < 4.78 is 7.57. The zero-order chi connectivity index (χ0) is 24.9. The number of aromatic hydroxyl groups is 1. The molecule has 3 aliphatic heterocycles. The summed E-state index contributed by atoms with van der Waals surface area (Å²) in [4.78, 5) is 28.8. The highest BCUT2D eigenvalue weighted by Gasteiger charge is 2.46. The minimum atomic E-state index is -0.557. The number of benzene rings is 1. The monoisotopic (exact) mass is 493 g/mol. The Hall–Kier alpha value is -2.97. The SMILES string of the molecule is CCC(C)=CC1=C(C)SCc2cccc(C)c2[C@@H]1N1[C@@H]2COCCN2C(=O)c2c(O)c(=O)ccn21. The Morgan fingerprint density at radius 3 is 2.83 bits per heavy atom. The molecule has 0 spiro atoms. The smallest absolute Gasteiger partial charge is 0.278 e. The number of pyridine rings is 1. The lowest BCUT2D eigenvalue weighted by Gasteiger charge is -2.51. The zero-order valence-corrected chi connectivity index (χ0v) is 21.4. The van der Waals surface area contributed by atoms with E-state index in [9.17, 15) is 14.7 Å². The Kier molecular flexibility index (Phi) is 6.27. The molecule has 2 aromatic rings. The van der Waals surface area contributed by atoms with Gasteiger partial charge >= 0.3 is 0 Å². The molecule has 35 heavy (non-hydrogen) atoms. The predicted molar refractivity (Wildman–Crippen MR) is 138 cm³/mol. The first-order valence-electron chi connectivity index (χ1n) is 12.0. The van der Waals surface area contributed by atoms with Gasteiger partial charge in [0.15, 0.2) is 11.4 Å². The van der Waals surface area contributed by atoms with E-state index in [0.717, 1.165) is 23.3 Å². The van der Waals surface area contributed by atoms with Gasteiger partial charge in [0, 0.05) is 24.6 Å². The summed E-state index contributed by atoms with van der Waals surface area (Å²) in [5, 5.41) is 12.9. The van der Waals surface area contributed by atoms with Crippen LogP contribution in [0.2, 0.25) is 0 Å². The van der Waals surface area contributed by atoms with Crippen molar-refractivity contribution >= 4 is 17.7 Å². The van der Waals surface area contributed by atoms with Gasteiger partial charge in [-0.15, -0.1) is 11.8 Å². The average molecular weight is 494 g/mol. The number of allylic oxidation sites excluding steroid dienone is 2. The van der Waals surface area contributed by atoms with Gasteiger partial charge in [-0.3, -0.25) is 19.3 Å². The normalized spacial score (nSPS) is 22.5. The van der Waals surface area contributed by atoms with E-state index in [0.29, 0.717) is 19.8 Å². The molecule has 1 N–H and O–H groups in total. The maximum atomic E-state index is 13.5. The van der Waals surface area contributed by atoms with Gasteiger partial charge in [0.2, 0.25) is 5.43 Å². The van der Waals surface area contributed by atoms with Gasteiger partial charge in [-0.25, -0.2) is 0 Å². The number of fused-ring (bicyclic) bond motifs is 3. The molecule has 0 bridgehead atoms. The first-order valence-corrected chi connectivity index (χ1v) is 13.0. The molecule has 1 fully saturated rings. The van der Waals surface area contributed by atoms with E-state index in [1.807, 2.05) is 11.8 Å². The molecule has 5 rings (SSSR count). The lowest BCUT2D eigenvalue weighted by molar-refractivity contribution is -0.0197. The van der Waals surface area contributed by atoms with E-state index in [2.05, 4.69) is 57.0 Å². The quantitative estimate of drug-likeness (QED) is 0.690. The third-order valence-corrected chi connectivity index (χ3v) is 8.36. The maximum absolute atomic E-state index is 13.5. The Morgan fingerprint density at radius 1 is 1.26 bits per heavy atom. The van der Waals surface area contributed by atoms with Gasteiger partial charge in [0.05, 0.1) is 19.3 Å². The van der Waals surface area contributed by atoms with Crippen molar-refractivity contribution in [1.82, 2.24) is 9.58 Å². The molecule has 0 radical (unpaired) electrons. The first kappa shape index (κ1) is 23.8. The third-order valence-electron chi connectivity index (χ3n) is 7.23. The largest absolute Gasteiger partial charge is 0.502 e. The Labute approximate surface area is 209 Å². The summed E-state index contributed by atoms with van der Waals surface area (Å²) in [6, 6.07) is 7.46. The summed E-state index contributed by atoms with van der Waals surface area (Å²) in [6.45, 7) is 9.71. The van der Waals surface area contributed by atoms with Crippen LogP contribution >= 0.6 is 11.8 Å². The maximum Gasteiger partial charge on any atom is 0.278 e. The fraction of sp³-hybridized carbons (Fsp3) is 0.407. The molecule has 3 aliphatic rings. The summed E-state index contributed by atoms with van der Waals surface area (Å²) >= 11 is 1.82. The van der Waals surface area contributed by atoms with Crippen LogP contribution in [0.4, 0.5) is 0 Å². The second-order valence-corrected chi connectivity index (χ2v) is 10.5. The molecule has 0 saturated carbocycles. The third kappa shape index (κ3) is 3.89. The van der Waals surface area contributed by atoms with E-state index in [-0.39, 0.29) is 23.8 Å². The van der Waals surface area contributed by atoms with Crippen molar-refractivity contribution in [3.05, 3.63) is 85.2 Å². The van der Waals surface area contributed by atoms with E-state index in [1.165, 1.54) is 27.7 Å². The molecule has 1 aromatic carbocycles. The number of hydrogen-bond acceptors (Lipinski definition) is 6. The number of aryl methyl sites for hydroxylation is 1. The van der Waals surface area contributed by atoms with Crippen LogP contribution in [0.1, 0.15) is 60.4 Å². The van der Waals surface area contributed by atoms with Crippen LogP contribution in [0.15, 0.2) is 57.4 Å². The highest BCUT2D eigenvalue weighted by Crippen LogP contribution is 2.45. The van der Waals surface area contributed by atoms with Crippen molar-refractivity contribution in [3.63, 3.8) is 0 Å². The molecule has 1 saturated heterocycles. The molecule has 0 unspecified atom stereocenters. The van der Waals surface area contributed by atoms with Crippen molar-refractivity contribution in [2.45, 2.75) is 52.1 Å². The topological polar surface area (TPSA) is 75.0 Å². The van der Waals surface area contributed by atoms with Crippen molar-refractivity contribution in [1.29, 1.82) is 0 Å². The van der Waals surface area contributed by atoms with Gasteiger partial charge in [-0.1, -0.05) is 36.8 Å². The fourth-order valence-corrected chi connectivity index (χ4v) is 6.19. The number of morpholine rings is 1. The second-order valence-electron chi connectivity index (χ2n) is 9.35. The number of rotatable bonds is 3. The van der Waals surface area contributed by atoms with E-state index < -0.39 is 11.2 Å². The average Bonchev–Trinajstić information content (AvgIpc) is 2.99. The number of carbonyl (C=O) groups excluding carboxylic acids is 1. The van der Waals surface area contributed by atoms with Crippen molar-refractivity contribution in [3.8, 4) is 5.75 Å². The van der Waals surface area contributed by atoms with Gasteiger partial charge in [-0.05, 0) is 54.4 Å². The van der Waals surface area contributed by atoms with E-state index in [4.69, 9.17) is 4.74 Å². The number of nitrogens with zero attached hydrogens (tertiary/aromatic N) is 3. The molecule has 1 aromatic heterocycles. The number of ether oxygens (including phenoxy) is 1. The van der Waals surface area contributed by atoms with Gasteiger partial charge in [-0.2, -0.15) is 0 Å². The summed E-state index contributed by atoms with van der Waals surface area (Å²) in [5.74, 6) is -0.00910. The molecule has 184 valence electrons. The first-order chi connectivity index (χ1) is 16.8. The summed E-state index contributed by atoms with van der Waals surface area (Å²) in [7, 11) is 0. The lowest BCUT2D eigenvalue weighted by Crippen LogP contribution is -2.66. The Bertz CT molecular complexity index is 1310. The number of amides is 1. The van der Waals surface area contributed by atoms with E-state index >= 15 is 0 Å². The molecule has 8 heteroatoms. The van der Waals surface area contributed by atoms with E-state index in [1.54, 1.807) is 15.8 Å². The van der Waals surface area contributed by atoms with Crippen LogP contribution in [0.5, 0.6) is 5.75 Å². The predicted octanol–water partition coefficient (Wildman–Crippen LogP) is 4.23. The molecule has 2 atom stereocenters. The molecule has 0 aliphatic carbocycles.